The molecule has 8 heteroatoms. The van der Waals surface area contributed by atoms with Gasteiger partial charge >= 0.3 is 0 Å². The van der Waals surface area contributed by atoms with Crippen molar-refractivity contribution in [2.24, 2.45) is 0 Å². The molecule has 1 saturated heterocycles. The quantitative estimate of drug-likeness (QED) is 0.795. The summed E-state index contributed by atoms with van der Waals surface area (Å²) in [6.45, 7) is 4.74. The molecule has 2 amide bonds. The van der Waals surface area contributed by atoms with Gasteiger partial charge in [0.2, 0.25) is 11.9 Å². The van der Waals surface area contributed by atoms with E-state index >= 15 is 0 Å². The summed E-state index contributed by atoms with van der Waals surface area (Å²) in [5.41, 5.74) is 0.726. The fraction of sp³-hybridized carbons (Fsp3) is 0.400. The molecule has 2 aromatic rings. The summed E-state index contributed by atoms with van der Waals surface area (Å²) >= 11 is 0. The van der Waals surface area contributed by atoms with E-state index in [1.54, 1.807) is 30.3 Å². The van der Waals surface area contributed by atoms with Crippen molar-refractivity contribution in [2.45, 2.75) is 19.4 Å². The van der Waals surface area contributed by atoms with Crippen LogP contribution in [0, 0.1) is 0 Å². The van der Waals surface area contributed by atoms with Gasteiger partial charge in [0, 0.05) is 51.5 Å². The van der Waals surface area contributed by atoms with Crippen LogP contribution in [0.15, 0.2) is 42.7 Å². The first-order chi connectivity index (χ1) is 13.6. The van der Waals surface area contributed by atoms with E-state index in [-0.39, 0.29) is 18.2 Å². The molecule has 2 aliphatic heterocycles. The number of hydrogen-bond acceptors (Lipinski definition) is 6. The van der Waals surface area contributed by atoms with Gasteiger partial charge in [-0.3, -0.25) is 9.59 Å². The zero-order chi connectivity index (χ0) is 19.5. The highest BCUT2D eigenvalue weighted by molar-refractivity contribution is 6.00. The summed E-state index contributed by atoms with van der Waals surface area (Å²) in [5, 5.41) is 0. The van der Waals surface area contributed by atoms with Crippen molar-refractivity contribution in [1.29, 1.82) is 0 Å². The summed E-state index contributed by atoms with van der Waals surface area (Å²) in [7, 11) is 0. The van der Waals surface area contributed by atoms with Gasteiger partial charge in [0.15, 0.2) is 6.10 Å². The Morgan fingerprint density at radius 2 is 1.82 bits per heavy atom. The van der Waals surface area contributed by atoms with Crippen LogP contribution < -0.4 is 14.5 Å². The summed E-state index contributed by atoms with van der Waals surface area (Å²) < 4.78 is 5.65. The first-order valence-corrected chi connectivity index (χ1v) is 9.50. The minimum Gasteiger partial charge on any atom is -0.479 e. The van der Waals surface area contributed by atoms with Crippen LogP contribution in [-0.4, -0.2) is 65.5 Å². The maximum atomic E-state index is 12.7. The molecule has 1 aromatic heterocycles. The molecule has 0 bridgehead atoms. The molecule has 1 aromatic carbocycles. The Hall–Kier alpha value is -3.16. The summed E-state index contributed by atoms with van der Waals surface area (Å²) in [6, 6.07) is 9.22. The lowest BCUT2D eigenvalue weighted by Gasteiger charge is -2.36. The van der Waals surface area contributed by atoms with Crippen molar-refractivity contribution >= 4 is 23.5 Å². The molecular formula is C20H23N5O3. The number of piperazine rings is 1. The number of benzene rings is 1. The Labute approximate surface area is 163 Å². The molecule has 28 heavy (non-hydrogen) atoms. The van der Waals surface area contributed by atoms with Gasteiger partial charge in [-0.05, 0) is 25.1 Å². The summed E-state index contributed by atoms with van der Waals surface area (Å²) in [4.78, 5) is 39.3. The highest BCUT2D eigenvalue weighted by atomic mass is 16.5. The number of hydrogen-bond donors (Lipinski definition) is 0. The molecule has 0 saturated carbocycles. The third-order valence-corrected chi connectivity index (χ3v) is 5.09. The van der Waals surface area contributed by atoms with Crippen molar-refractivity contribution in [2.75, 3.05) is 42.5 Å². The largest absolute Gasteiger partial charge is 0.479 e. The summed E-state index contributed by atoms with van der Waals surface area (Å²) in [5.74, 6) is 1.31. The van der Waals surface area contributed by atoms with E-state index in [9.17, 15) is 9.59 Å². The van der Waals surface area contributed by atoms with E-state index in [2.05, 4.69) is 14.9 Å². The van der Waals surface area contributed by atoms with Crippen LogP contribution in [0.2, 0.25) is 0 Å². The standard InChI is InChI=1S/C20H23N5O3/c1-15-19(27)25(16-5-2-3-6-17(16)28-15)10-7-18(26)23-11-13-24(14-12-23)20-21-8-4-9-22-20/h2-6,8-9,15H,7,10-14H2,1H3. The van der Waals surface area contributed by atoms with Crippen LogP contribution in [-0.2, 0) is 9.59 Å². The van der Waals surface area contributed by atoms with Crippen LogP contribution in [0.4, 0.5) is 11.6 Å². The first-order valence-electron chi connectivity index (χ1n) is 9.50. The Morgan fingerprint density at radius 1 is 1.11 bits per heavy atom. The van der Waals surface area contributed by atoms with Gasteiger partial charge in [-0.15, -0.1) is 0 Å². The second-order valence-corrected chi connectivity index (χ2v) is 6.88. The number of anilines is 2. The van der Waals surface area contributed by atoms with Crippen molar-refractivity contribution in [3.05, 3.63) is 42.7 Å². The van der Waals surface area contributed by atoms with Crippen LogP contribution >= 0.6 is 0 Å². The average molecular weight is 381 g/mol. The fourth-order valence-corrected chi connectivity index (χ4v) is 3.57. The number of nitrogens with zero attached hydrogens (tertiary/aromatic N) is 5. The second kappa shape index (κ2) is 7.84. The van der Waals surface area contributed by atoms with Gasteiger partial charge in [-0.1, -0.05) is 12.1 Å². The van der Waals surface area contributed by atoms with E-state index in [1.807, 2.05) is 29.2 Å². The Balaban J connectivity index is 1.34. The molecule has 0 aliphatic carbocycles. The smallest absolute Gasteiger partial charge is 0.267 e. The van der Waals surface area contributed by atoms with E-state index < -0.39 is 6.10 Å². The van der Waals surface area contributed by atoms with E-state index in [1.165, 1.54) is 0 Å². The molecule has 1 unspecified atom stereocenters. The molecule has 1 fully saturated rings. The molecule has 146 valence electrons. The first kappa shape index (κ1) is 18.2. The predicted octanol–water partition coefficient (Wildman–Crippen LogP) is 1.33. The van der Waals surface area contributed by atoms with Crippen LogP contribution in [0.5, 0.6) is 5.75 Å². The zero-order valence-corrected chi connectivity index (χ0v) is 15.8. The normalized spacial score (nSPS) is 19.2. The molecule has 3 heterocycles. The van der Waals surface area contributed by atoms with Gasteiger partial charge in [0.25, 0.3) is 5.91 Å². The van der Waals surface area contributed by atoms with Crippen LogP contribution in [0.25, 0.3) is 0 Å². The summed E-state index contributed by atoms with van der Waals surface area (Å²) in [6.07, 6.45) is 3.18. The lowest BCUT2D eigenvalue weighted by Crippen LogP contribution is -2.50. The lowest BCUT2D eigenvalue weighted by atomic mass is 10.1. The zero-order valence-electron chi connectivity index (χ0n) is 15.8. The van der Waals surface area contributed by atoms with Crippen molar-refractivity contribution < 1.29 is 14.3 Å². The van der Waals surface area contributed by atoms with Gasteiger partial charge in [-0.2, -0.15) is 0 Å². The number of ether oxygens (including phenoxy) is 1. The van der Waals surface area contributed by atoms with E-state index in [0.29, 0.717) is 44.4 Å². The third-order valence-electron chi connectivity index (χ3n) is 5.09. The highest BCUT2D eigenvalue weighted by Crippen LogP contribution is 2.33. The molecular weight excluding hydrogens is 358 g/mol. The fourth-order valence-electron chi connectivity index (χ4n) is 3.57. The Bertz CT molecular complexity index is 852. The van der Waals surface area contributed by atoms with Crippen LogP contribution in [0.1, 0.15) is 13.3 Å². The van der Waals surface area contributed by atoms with Gasteiger partial charge in [-0.25, -0.2) is 9.97 Å². The Morgan fingerprint density at radius 3 is 2.57 bits per heavy atom. The number of para-hydroxylation sites is 2. The topological polar surface area (TPSA) is 78.9 Å². The SMILES string of the molecule is CC1Oc2ccccc2N(CCC(=O)N2CCN(c3ncccn3)CC2)C1=O. The maximum Gasteiger partial charge on any atom is 0.267 e. The van der Waals surface area contributed by atoms with Crippen molar-refractivity contribution in [1.82, 2.24) is 14.9 Å². The van der Waals surface area contributed by atoms with E-state index in [0.717, 1.165) is 5.69 Å². The molecule has 1 atom stereocenters. The molecule has 0 spiro atoms. The van der Waals surface area contributed by atoms with Crippen molar-refractivity contribution in [3.8, 4) is 5.75 Å². The minimum atomic E-state index is -0.542. The monoisotopic (exact) mass is 381 g/mol. The number of fused-ring (bicyclic) bond motifs is 1. The van der Waals surface area contributed by atoms with Gasteiger partial charge in [0.1, 0.15) is 5.75 Å². The number of aromatic nitrogens is 2. The van der Waals surface area contributed by atoms with Crippen molar-refractivity contribution in [3.63, 3.8) is 0 Å². The van der Waals surface area contributed by atoms with Gasteiger partial charge < -0.3 is 19.4 Å². The molecule has 0 N–H and O–H groups in total. The minimum absolute atomic E-state index is 0.0538. The number of carbonyl (C=O) groups excluding carboxylic acids is 2. The highest BCUT2D eigenvalue weighted by Gasteiger charge is 2.32. The molecule has 0 radical (unpaired) electrons. The van der Waals surface area contributed by atoms with Gasteiger partial charge in [0.05, 0.1) is 5.69 Å². The number of carbonyl (C=O) groups is 2. The second-order valence-electron chi connectivity index (χ2n) is 6.88. The maximum absolute atomic E-state index is 12.7. The molecule has 4 rings (SSSR count). The predicted molar refractivity (Wildman–Crippen MR) is 104 cm³/mol. The molecule has 2 aliphatic rings. The lowest BCUT2D eigenvalue weighted by molar-refractivity contribution is -0.131. The number of amides is 2. The van der Waals surface area contributed by atoms with E-state index in [4.69, 9.17) is 4.74 Å². The third kappa shape index (κ3) is 3.62. The Kier molecular flexibility index (Phi) is 5.10. The number of rotatable bonds is 4. The van der Waals surface area contributed by atoms with Crippen LogP contribution in [0.3, 0.4) is 0 Å². The average Bonchev–Trinajstić information content (AvgIpc) is 2.74. The molecule has 8 nitrogen and oxygen atoms in total.